The minimum Gasteiger partial charge on any atom is -0.488 e. The van der Waals surface area contributed by atoms with Gasteiger partial charge in [-0.2, -0.15) is 0 Å². The number of rotatable bonds is 11. The lowest BCUT2D eigenvalue weighted by atomic mass is 9.90. The number of hydrogen-bond acceptors (Lipinski definition) is 6. The van der Waals surface area contributed by atoms with Crippen LogP contribution in [0.15, 0.2) is 48.6 Å². The Morgan fingerprint density at radius 1 is 1.22 bits per heavy atom. The summed E-state index contributed by atoms with van der Waals surface area (Å²) in [7, 11) is 0. The number of carbonyl (C=O) groups excluding carboxylic acids is 1. The summed E-state index contributed by atoms with van der Waals surface area (Å²) in [6.07, 6.45) is 8.34. The second kappa shape index (κ2) is 11.4. The number of carboxylic acids is 1. The molecule has 0 radical (unpaired) electrons. The quantitative estimate of drug-likeness (QED) is 0.396. The second-order valence-corrected chi connectivity index (χ2v) is 8.03. The molecule has 3 rings (SSSR count). The minimum atomic E-state index is -1.15. The number of carbonyl (C=O) groups is 2. The fourth-order valence-electron chi connectivity index (χ4n) is 3.93. The van der Waals surface area contributed by atoms with Crippen LogP contribution in [0, 0.1) is 17.7 Å². The van der Waals surface area contributed by atoms with E-state index >= 15 is 0 Å². The zero-order chi connectivity index (χ0) is 23.0. The molecule has 1 aromatic carbocycles. The number of benzene rings is 1. The van der Waals surface area contributed by atoms with Gasteiger partial charge < -0.3 is 24.4 Å². The smallest absolute Gasteiger partial charge is 0.303 e. The Bertz CT molecular complexity index is 827. The lowest BCUT2D eigenvalue weighted by Gasteiger charge is -2.25. The van der Waals surface area contributed by atoms with Crippen LogP contribution in [0.4, 0.5) is 4.39 Å². The van der Waals surface area contributed by atoms with Crippen molar-refractivity contribution in [1.82, 2.24) is 0 Å². The molecule has 1 saturated carbocycles. The van der Waals surface area contributed by atoms with Crippen LogP contribution >= 0.6 is 0 Å². The largest absolute Gasteiger partial charge is 0.488 e. The van der Waals surface area contributed by atoms with Gasteiger partial charge in [0.05, 0.1) is 19.3 Å². The fraction of sp³-hybridized carbons (Fsp3) is 0.500. The Labute approximate surface area is 186 Å². The first-order chi connectivity index (χ1) is 15.4. The van der Waals surface area contributed by atoms with E-state index in [1.165, 1.54) is 24.3 Å². The standard InChI is InChI=1S/C24H29FO7/c25-17-7-9-18(10-8-17)30-16-24(31-13-14-32-24)12-11-20-19(21(26)15-22(20)27)5-3-1-2-4-6-23(28)29/h1,3,7-12,19-21,26H,2,4-6,13-16H2,(H,28,29)/b3-1-,12-11+/t19-,20-,21+/m1/s1. The first-order valence-corrected chi connectivity index (χ1v) is 10.8. The summed E-state index contributed by atoms with van der Waals surface area (Å²) in [5, 5.41) is 19.0. The molecule has 7 nitrogen and oxygen atoms in total. The molecule has 174 valence electrons. The summed E-state index contributed by atoms with van der Waals surface area (Å²) < 4.78 is 30.3. The van der Waals surface area contributed by atoms with Gasteiger partial charge in [0.25, 0.3) is 0 Å². The molecule has 0 amide bonds. The summed E-state index contributed by atoms with van der Waals surface area (Å²) in [5.74, 6) is -2.67. The molecule has 2 aliphatic rings. The third-order valence-corrected chi connectivity index (χ3v) is 5.66. The number of aliphatic carboxylic acids is 1. The van der Waals surface area contributed by atoms with E-state index in [2.05, 4.69) is 0 Å². The molecule has 0 unspecified atom stereocenters. The average Bonchev–Trinajstić information content (AvgIpc) is 3.33. The van der Waals surface area contributed by atoms with Crippen molar-refractivity contribution in [3.63, 3.8) is 0 Å². The van der Waals surface area contributed by atoms with Crippen molar-refractivity contribution in [2.24, 2.45) is 11.8 Å². The molecule has 1 heterocycles. The molecule has 1 saturated heterocycles. The molecule has 2 fully saturated rings. The highest BCUT2D eigenvalue weighted by Crippen LogP contribution is 2.35. The molecule has 2 N–H and O–H groups in total. The van der Waals surface area contributed by atoms with Crippen LogP contribution in [-0.2, 0) is 19.1 Å². The van der Waals surface area contributed by atoms with Crippen LogP contribution in [0.2, 0.25) is 0 Å². The van der Waals surface area contributed by atoms with Crippen LogP contribution in [0.25, 0.3) is 0 Å². The first-order valence-electron chi connectivity index (χ1n) is 10.8. The van der Waals surface area contributed by atoms with Gasteiger partial charge in [0.1, 0.15) is 24.0 Å². The van der Waals surface area contributed by atoms with Gasteiger partial charge >= 0.3 is 5.97 Å². The fourth-order valence-corrected chi connectivity index (χ4v) is 3.93. The summed E-state index contributed by atoms with van der Waals surface area (Å²) >= 11 is 0. The summed E-state index contributed by atoms with van der Waals surface area (Å²) in [5.41, 5.74) is 0. The molecule has 8 heteroatoms. The van der Waals surface area contributed by atoms with E-state index in [-0.39, 0.29) is 37.0 Å². The highest BCUT2D eigenvalue weighted by Gasteiger charge is 2.41. The third kappa shape index (κ3) is 6.72. The molecule has 3 atom stereocenters. The van der Waals surface area contributed by atoms with Gasteiger partial charge in [0.2, 0.25) is 5.79 Å². The molecule has 1 aliphatic heterocycles. The Kier molecular flexibility index (Phi) is 8.55. The number of aliphatic hydroxyl groups is 1. The van der Waals surface area contributed by atoms with Crippen LogP contribution in [-0.4, -0.2) is 53.7 Å². The molecule has 0 bridgehead atoms. The van der Waals surface area contributed by atoms with Crippen molar-refractivity contribution in [1.29, 1.82) is 0 Å². The SMILES string of the molecule is O=C(O)CCC/C=C\C[C@H]1[C@@H](O)CC(=O)[C@@H]1/C=C/C1(COc2ccc(F)cc2)OCCO1. The van der Waals surface area contributed by atoms with Crippen LogP contribution < -0.4 is 4.74 Å². The van der Waals surface area contributed by atoms with Crippen molar-refractivity contribution in [3.05, 3.63) is 54.4 Å². The number of halogens is 1. The predicted octanol–water partition coefficient (Wildman–Crippen LogP) is 3.27. The predicted molar refractivity (Wildman–Crippen MR) is 114 cm³/mol. The highest BCUT2D eigenvalue weighted by molar-refractivity contribution is 5.86. The molecular formula is C24H29FO7. The van der Waals surface area contributed by atoms with Gasteiger partial charge in [0.15, 0.2) is 0 Å². The van der Waals surface area contributed by atoms with E-state index in [0.717, 1.165) is 0 Å². The summed E-state index contributed by atoms with van der Waals surface area (Å²) in [6, 6.07) is 5.62. The number of unbranched alkanes of at least 4 members (excludes halogenated alkanes) is 1. The number of allylic oxidation sites excluding steroid dienone is 3. The normalized spacial score (nSPS) is 25.2. The zero-order valence-corrected chi connectivity index (χ0v) is 17.8. The minimum absolute atomic E-state index is 0.0345. The van der Waals surface area contributed by atoms with E-state index in [1.807, 2.05) is 12.2 Å². The maximum absolute atomic E-state index is 13.1. The van der Waals surface area contributed by atoms with Gasteiger partial charge in [-0.15, -0.1) is 0 Å². The van der Waals surface area contributed by atoms with Gasteiger partial charge in [0, 0.05) is 24.7 Å². The van der Waals surface area contributed by atoms with Crippen molar-refractivity contribution in [2.45, 2.75) is 44.0 Å². The van der Waals surface area contributed by atoms with Crippen molar-refractivity contribution in [3.8, 4) is 5.75 Å². The maximum atomic E-state index is 13.1. The topological polar surface area (TPSA) is 102 Å². The average molecular weight is 448 g/mol. The lowest BCUT2D eigenvalue weighted by molar-refractivity contribution is -0.139. The van der Waals surface area contributed by atoms with Gasteiger partial charge in [-0.3, -0.25) is 9.59 Å². The number of Topliss-reactive ketones (excluding diaryl/α,β-unsaturated/α-hetero) is 1. The van der Waals surface area contributed by atoms with Gasteiger partial charge in [-0.1, -0.05) is 18.2 Å². The van der Waals surface area contributed by atoms with E-state index in [1.54, 1.807) is 12.2 Å². The summed E-state index contributed by atoms with van der Waals surface area (Å²) in [6.45, 7) is 0.786. The van der Waals surface area contributed by atoms with Crippen LogP contribution in [0.5, 0.6) is 5.75 Å². The van der Waals surface area contributed by atoms with Crippen molar-refractivity contribution >= 4 is 11.8 Å². The first kappa shape index (κ1) is 24.1. The van der Waals surface area contributed by atoms with E-state index in [4.69, 9.17) is 19.3 Å². The molecule has 1 aliphatic carbocycles. The molecule has 0 aromatic heterocycles. The number of hydrogen-bond donors (Lipinski definition) is 2. The monoisotopic (exact) mass is 448 g/mol. The van der Waals surface area contributed by atoms with Crippen molar-refractivity contribution in [2.75, 3.05) is 19.8 Å². The highest BCUT2D eigenvalue weighted by atomic mass is 19.1. The van der Waals surface area contributed by atoms with E-state index in [0.29, 0.717) is 38.2 Å². The lowest BCUT2D eigenvalue weighted by Crippen LogP contribution is -2.35. The Morgan fingerprint density at radius 3 is 2.62 bits per heavy atom. The number of ether oxygens (including phenoxy) is 3. The van der Waals surface area contributed by atoms with E-state index < -0.39 is 23.8 Å². The van der Waals surface area contributed by atoms with E-state index in [9.17, 15) is 19.1 Å². The second-order valence-electron chi connectivity index (χ2n) is 8.03. The third-order valence-electron chi connectivity index (χ3n) is 5.66. The maximum Gasteiger partial charge on any atom is 0.303 e. The van der Waals surface area contributed by atoms with Gasteiger partial charge in [-0.25, -0.2) is 4.39 Å². The Hall–Kier alpha value is -2.55. The van der Waals surface area contributed by atoms with Gasteiger partial charge in [-0.05, 0) is 49.6 Å². The van der Waals surface area contributed by atoms with Crippen LogP contribution in [0.3, 0.4) is 0 Å². The molecule has 0 spiro atoms. The Balaban J connectivity index is 1.61. The number of aliphatic hydroxyl groups excluding tert-OH is 1. The number of carboxylic acid groups (broad SMARTS) is 1. The zero-order valence-electron chi connectivity index (χ0n) is 17.8. The molecule has 1 aromatic rings. The molecular weight excluding hydrogens is 419 g/mol. The van der Waals surface area contributed by atoms with Crippen molar-refractivity contribution < 1.29 is 38.4 Å². The Morgan fingerprint density at radius 2 is 1.94 bits per heavy atom. The van der Waals surface area contributed by atoms with Crippen LogP contribution in [0.1, 0.15) is 32.1 Å². The molecule has 32 heavy (non-hydrogen) atoms. The summed E-state index contributed by atoms with van der Waals surface area (Å²) in [4.78, 5) is 23.0. The number of ketones is 1.